The number of hydrogen-bond donors (Lipinski definition) is 1. The summed E-state index contributed by atoms with van der Waals surface area (Å²) in [4.78, 5) is 4.27. The highest BCUT2D eigenvalue weighted by molar-refractivity contribution is 7.13. The molecule has 0 radical (unpaired) electrons. The Kier molecular flexibility index (Phi) is 4.39. The molecule has 0 aliphatic carbocycles. The highest BCUT2D eigenvalue weighted by atomic mass is 32.1. The number of thiazole rings is 1. The molecule has 0 spiro atoms. The van der Waals surface area contributed by atoms with Crippen LogP contribution in [0.5, 0.6) is 5.75 Å². The SMILES string of the molecule is Cc1csc(NN=Cc2ccc(OC(C)(C)C)cc2)n1. The Bertz CT molecular complexity index is 582. The standard InChI is InChI=1S/C15H19N3OS/c1-11-10-20-14(17-11)18-16-9-12-5-7-13(8-6-12)19-15(2,3)4/h5-10H,1-4H3,(H,17,18). The van der Waals surface area contributed by atoms with Crippen molar-refractivity contribution in [3.8, 4) is 5.75 Å². The van der Waals surface area contributed by atoms with Crippen LogP contribution in [0.4, 0.5) is 5.13 Å². The Labute approximate surface area is 123 Å². The first-order valence-corrected chi connectivity index (χ1v) is 7.31. The molecule has 1 heterocycles. The average molecular weight is 289 g/mol. The molecule has 0 atom stereocenters. The van der Waals surface area contributed by atoms with Gasteiger partial charge in [-0.3, -0.25) is 5.43 Å². The van der Waals surface area contributed by atoms with Gasteiger partial charge in [0.15, 0.2) is 0 Å². The van der Waals surface area contributed by atoms with Crippen molar-refractivity contribution in [2.75, 3.05) is 5.43 Å². The van der Waals surface area contributed by atoms with E-state index in [2.05, 4.69) is 15.5 Å². The molecular weight excluding hydrogens is 270 g/mol. The quantitative estimate of drug-likeness (QED) is 0.681. The van der Waals surface area contributed by atoms with Crippen LogP contribution in [0.2, 0.25) is 0 Å². The van der Waals surface area contributed by atoms with Crippen LogP contribution in [-0.2, 0) is 0 Å². The number of aromatic nitrogens is 1. The fraction of sp³-hybridized carbons (Fsp3) is 0.333. The van der Waals surface area contributed by atoms with E-state index < -0.39 is 0 Å². The topological polar surface area (TPSA) is 46.5 Å². The number of anilines is 1. The molecule has 0 aliphatic rings. The largest absolute Gasteiger partial charge is 0.488 e. The Morgan fingerprint density at radius 2 is 1.95 bits per heavy atom. The van der Waals surface area contributed by atoms with Crippen LogP contribution >= 0.6 is 11.3 Å². The summed E-state index contributed by atoms with van der Waals surface area (Å²) in [6.07, 6.45) is 1.76. The minimum Gasteiger partial charge on any atom is -0.488 e. The molecule has 2 aromatic rings. The second-order valence-corrected chi connectivity index (χ2v) is 6.31. The van der Waals surface area contributed by atoms with E-state index in [4.69, 9.17) is 4.74 Å². The van der Waals surface area contributed by atoms with Crippen LogP contribution in [-0.4, -0.2) is 16.8 Å². The molecule has 5 heteroatoms. The molecular formula is C15H19N3OS. The van der Waals surface area contributed by atoms with Gasteiger partial charge in [0, 0.05) is 5.38 Å². The van der Waals surface area contributed by atoms with Gasteiger partial charge in [0.25, 0.3) is 0 Å². The predicted molar refractivity (Wildman–Crippen MR) is 84.9 cm³/mol. The maximum atomic E-state index is 5.76. The molecule has 0 bridgehead atoms. The van der Waals surface area contributed by atoms with Crippen molar-refractivity contribution >= 4 is 22.7 Å². The Morgan fingerprint density at radius 1 is 1.25 bits per heavy atom. The number of ether oxygens (including phenoxy) is 1. The summed E-state index contributed by atoms with van der Waals surface area (Å²) in [5.41, 5.74) is 4.73. The van der Waals surface area contributed by atoms with E-state index in [9.17, 15) is 0 Å². The molecule has 20 heavy (non-hydrogen) atoms. The summed E-state index contributed by atoms with van der Waals surface area (Å²) in [7, 11) is 0. The molecule has 0 saturated heterocycles. The van der Waals surface area contributed by atoms with E-state index in [1.165, 1.54) is 11.3 Å². The lowest BCUT2D eigenvalue weighted by Gasteiger charge is -2.21. The molecule has 0 aliphatic heterocycles. The molecule has 0 saturated carbocycles. The van der Waals surface area contributed by atoms with E-state index in [0.717, 1.165) is 22.1 Å². The second kappa shape index (κ2) is 6.05. The maximum Gasteiger partial charge on any atom is 0.203 e. The van der Waals surface area contributed by atoms with E-state index in [0.29, 0.717) is 0 Å². The van der Waals surface area contributed by atoms with Gasteiger partial charge in [-0.2, -0.15) is 5.10 Å². The number of aryl methyl sites for hydroxylation is 1. The van der Waals surface area contributed by atoms with Crippen molar-refractivity contribution in [1.82, 2.24) is 4.98 Å². The lowest BCUT2D eigenvalue weighted by molar-refractivity contribution is 0.131. The van der Waals surface area contributed by atoms with Gasteiger partial charge >= 0.3 is 0 Å². The summed E-state index contributed by atoms with van der Waals surface area (Å²) in [6, 6.07) is 7.83. The highest BCUT2D eigenvalue weighted by Crippen LogP contribution is 2.18. The minimum atomic E-state index is -0.181. The van der Waals surface area contributed by atoms with E-state index in [1.54, 1.807) is 6.21 Å². The number of hydrogen-bond acceptors (Lipinski definition) is 5. The summed E-state index contributed by atoms with van der Waals surface area (Å²) in [6.45, 7) is 8.05. The van der Waals surface area contributed by atoms with E-state index in [-0.39, 0.29) is 5.60 Å². The van der Waals surface area contributed by atoms with Crippen LogP contribution < -0.4 is 10.2 Å². The molecule has 1 aromatic carbocycles. The highest BCUT2D eigenvalue weighted by Gasteiger charge is 2.10. The van der Waals surface area contributed by atoms with Gasteiger partial charge < -0.3 is 4.74 Å². The van der Waals surface area contributed by atoms with Gasteiger partial charge in [-0.15, -0.1) is 11.3 Å². The fourth-order valence-electron chi connectivity index (χ4n) is 1.54. The lowest BCUT2D eigenvalue weighted by atomic mass is 10.2. The fourth-order valence-corrected chi connectivity index (χ4v) is 2.18. The van der Waals surface area contributed by atoms with Gasteiger partial charge in [-0.05, 0) is 57.5 Å². The molecule has 106 valence electrons. The van der Waals surface area contributed by atoms with Crippen molar-refractivity contribution < 1.29 is 4.74 Å². The molecule has 0 fully saturated rings. The molecule has 0 unspecified atom stereocenters. The molecule has 4 nitrogen and oxygen atoms in total. The molecule has 0 amide bonds. The number of hydrazone groups is 1. The summed E-state index contributed by atoms with van der Waals surface area (Å²) in [5, 5.41) is 6.94. The van der Waals surface area contributed by atoms with Crippen molar-refractivity contribution in [3.05, 3.63) is 40.9 Å². The zero-order valence-electron chi connectivity index (χ0n) is 12.2. The van der Waals surface area contributed by atoms with Gasteiger partial charge in [0.2, 0.25) is 5.13 Å². The Hall–Kier alpha value is -1.88. The summed E-state index contributed by atoms with van der Waals surface area (Å²) < 4.78 is 5.76. The van der Waals surface area contributed by atoms with Gasteiger partial charge in [0.05, 0.1) is 11.9 Å². The Balaban J connectivity index is 1.93. The average Bonchev–Trinajstić information content (AvgIpc) is 2.75. The normalized spacial score (nSPS) is 11.8. The van der Waals surface area contributed by atoms with Crippen molar-refractivity contribution in [1.29, 1.82) is 0 Å². The molecule has 2 rings (SSSR count). The zero-order valence-corrected chi connectivity index (χ0v) is 13.0. The van der Waals surface area contributed by atoms with Crippen LogP contribution in [0, 0.1) is 6.92 Å². The first kappa shape index (κ1) is 14.5. The van der Waals surface area contributed by atoms with E-state index >= 15 is 0 Å². The molecule has 1 aromatic heterocycles. The van der Waals surface area contributed by atoms with Crippen molar-refractivity contribution in [3.63, 3.8) is 0 Å². The monoisotopic (exact) mass is 289 g/mol. The third-order valence-corrected chi connectivity index (χ3v) is 3.16. The first-order valence-electron chi connectivity index (χ1n) is 6.43. The number of nitrogens with one attached hydrogen (secondary N) is 1. The number of nitrogens with zero attached hydrogens (tertiary/aromatic N) is 2. The summed E-state index contributed by atoms with van der Waals surface area (Å²) >= 11 is 1.54. The van der Waals surface area contributed by atoms with Crippen LogP contribution in [0.1, 0.15) is 32.0 Å². The number of benzene rings is 1. The van der Waals surface area contributed by atoms with Crippen molar-refractivity contribution in [2.45, 2.75) is 33.3 Å². The predicted octanol–water partition coefficient (Wildman–Crippen LogP) is 4.07. The molecule has 1 N–H and O–H groups in total. The summed E-state index contributed by atoms with van der Waals surface area (Å²) in [5.74, 6) is 0.859. The zero-order chi connectivity index (χ0) is 14.6. The lowest BCUT2D eigenvalue weighted by Crippen LogP contribution is -2.22. The van der Waals surface area contributed by atoms with Gasteiger partial charge in [0.1, 0.15) is 11.4 Å². The first-order chi connectivity index (χ1) is 9.42. The number of rotatable bonds is 4. The van der Waals surface area contributed by atoms with Crippen LogP contribution in [0.15, 0.2) is 34.7 Å². The van der Waals surface area contributed by atoms with Crippen molar-refractivity contribution in [2.24, 2.45) is 5.10 Å². The minimum absolute atomic E-state index is 0.181. The third kappa shape index (κ3) is 4.66. The smallest absolute Gasteiger partial charge is 0.203 e. The van der Waals surface area contributed by atoms with Crippen LogP contribution in [0.25, 0.3) is 0 Å². The van der Waals surface area contributed by atoms with Crippen LogP contribution in [0.3, 0.4) is 0 Å². The van der Waals surface area contributed by atoms with E-state index in [1.807, 2.05) is 57.3 Å². The second-order valence-electron chi connectivity index (χ2n) is 5.45. The Morgan fingerprint density at radius 3 is 2.50 bits per heavy atom. The maximum absolute atomic E-state index is 5.76. The van der Waals surface area contributed by atoms with Gasteiger partial charge in [-0.25, -0.2) is 4.98 Å². The van der Waals surface area contributed by atoms with Gasteiger partial charge in [-0.1, -0.05) is 0 Å². The third-order valence-electron chi connectivity index (χ3n) is 2.30.